The minimum atomic E-state index is -0.519. The second-order valence-corrected chi connectivity index (χ2v) is 9.05. The van der Waals surface area contributed by atoms with Gasteiger partial charge in [-0.25, -0.2) is 9.37 Å². The van der Waals surface area contributed by atoms with Gasteiger partial charge in [-0.3, -0.25) is 9.59 Å². The Labute approximate surface area is 221 Å². The average molecular weight is 528 g/mol. The summed E-state index contributed by atoms with van der Waals surface area (Å²) in [4.78, 5) is 36.6. The maximum absolute atomic E-state index is 14.5. The molecule has 198 valence electrons. The van der Waals surface area contributed by atoms with Crippen LogP contribution in [0.4, 0.5) is 4.39 Å². The van der Waals surface area contributed by atoms with Gasteiger partial charge in [0.05, 0.1) is 22.7 Å². The molecule has 1 aliphatic carbocycles. The van der Waals surface area contributed by atoms with E-state index in [1.54, 1.807) is 20.1 Å². The molecule has 3 aromatic rings. The Bertz CT molecular complexity index is 1140. The highest BCUT2D eigenvalue weighted by atomic mass is 32.1. The molecule has 0 spiro atoms. The van der Waals surface area contributed by atoms with E-state index in [0.717, 1.165) is 31.4 Å². The summed E-state index contributed by atoms with van der Waals surface area (Å²) in [5.74, 6) is -1.28. The van der Waals surface area contributed by atoms with Crippen LogP contribution in [0.2, 0.25) is 0 Å². The lowest BCUT2D eigenvalue weighted by atomic mass is 10.0. The summed E-state index contributed by atoms with van der Waals surface area (Å²) in [6, 6.07) is 12.7. The fourth-order valence-corrected chi connectivity index (χ4v) is 4.16. The minimum Gasteiger partial charge on any atom is -0.385 e. The second-order valence-electron chi connectivity index (χ2n) is 7.99. The molecule has 2 N–H and O–H groups in total. The van der Waals surface area contributed by atoms with Crippen LogP contribution < -0.4 is 10.6 Å². The summed E-state index contributed by atoms with van der Waals surface area (Å²) >= 11 is 1.29. The highest BCUT2D eigenvalue weighted by Gasteiger charge is 2.24. The third kappa shape index (κ3) is 10.1. The molecule has 4 rings (SSSR count). The normalized spacial score (nSPS) is 12.4. The van der Waals surface area contributed by atoms with Crippen molar-refractivity contribution in [1.29, 1.82) is 0 Å². The lowest BCUT2D eigenvalue weighted by Crippen LogP contribution is -2.39. The molecule has 0 saturated heterocycles. The maximum atomic E-state index is 14.5. The summed E-state index contributed by atoms with van der Waals surface area (Å²) in [5, 5.41) is 6.07. The van der Waals surface area contributed by atoms with Gasteiger partial charge in [-0.05, 0) is 43.9 Å². The average Bonchev–Trinajstić information content (AvgIpc) is 3.65. The molecular weight excluding hydrogens is 493 g/mol. The third-order valence-electron chi connectivity index (χ3n) is 5.12. The number of hydrogen-bond acceptors (Lipinski definition) is 6. The summed E-state index contributed by atoms with van der Waals surface area (Å²) in [6.45, 7) is 6.67. The molecule has 2 aromatic carbocycles. The van der Waals surface area contributed by atoms with Crippen LogP contribution in [0.1, 0.15) is 44.0 Å². The Kier molecular flexibility index (Phi) is 14.4. The van der Waals surface area contributed by atoms with Gasteiger partial charge in [0.25, 0.3) is 0 Å². The zero-order valence-electron chi connectivity index (χ0n) is 21.5. The molecule has 1 aliphatic rings. The van der Waals surface area contributed by atoms with Crippen molar-refractivity contribution in [2.45, 2.75) is 45.1 Å². The molecule has 0 radical (unpaired) electrons. The second kappa shape index (κ2) is 17.0. The Morgan fingerprint density at radius 1 is 1.22 bits per heavy atom. The van der Waals surface area contributed by atoms with Crippen LogP contribution in [0, 0.1) is 18.7 Å². The summed E-state index contributed by atoms with van der Waals surface area (Å²) in [6.07, 6.45) is 11.1. The van der Waals surface area contributed by atoms with Gasteiger partial charge in [0, 0.05) is 25.3 Å². The number of methoxy groups -OCH3 is 1. The zero-order chi connectivity index (χ0) is 27.8. The highest BCUT2D eigenvalue weighted by molar-refractivity contribution is 7.18. The summed E-state index contributed by atoms with van der Waals surface area (Å²) in [7, 11) is 1.71. The largest absolute Gasteiger partial charge is 0.385 e. The Balaban J connectivity index is 0.000000671. The lowest BCUT2D eigenvalue weighted by molar-refractivity contribution is -0.126. The molecule has 1 unspecified atom stereocenters. The SMILES string of the molecule is C#C.C=O.CC(C(=O)NCC(=O)NC1CC1)c1nc2cc(-c3ccccc3)c(F)cc2s1.CCCOC. The number of rotatable bonds is 8. The number of aromatic nitrogens is 1. The lowest BCUT2D eigenvalue weighted by Gasteiger charge is -2.09. The molecule has 1 heterocycles. The predicted molar refractivity (Wildman–Crippen MR) is 147 cm³/mol. The van der Waals surface area contributed by atoms with Crippen molar-refractivity contribution in [3.63, 3.8) is 0 Å². The number of carbonyl (C=O) groups is 3. The van der Waals surface area contributed by atoms with Crippen molar-refractivity contribution < 1.29 is 23.5 Å². The molecule has 1 aromatic heterocycles. The van der Waals surface area contributed by atoms with Gasteiger partial charge in [0.15, 0.2) is 0 Å². The fraction of sp³-hybridized carbons (Fsp3) is 0.357. The van der Waals surface area contributed by atoms with Gasteiger partial charge in [0.2, 0.25) is 11.8 Å². The van der Waals surface area contributed by atoms with Gasteiger partial charge in [-0.1, -0.05) is 37.3 Å². The van der Waals surface area contributed by atoms with E-state index in [-0.39, 0.29) is 30.2 Å². The van der Waals surface area contributed by atoms with Gasteiger partial charge >= 0.3 is 0 Å². The quantitative estimate of drug-likeness (QED) is 0.414. The number of halogens is 1. The molecular formula is C28H34FN3O4S. The molecule has 0 bridgehead atoms. The van der Waals surface area contributed by atoms with E-state index in [9.17, 15) is 14.0 Å². The van der Waals surface area contributed by atoms with Crippen LogP contribution in [0.3, 0.4) is 0 Å². The van der Waals surface area contributed by atoms with Crippen LogP contribution in [0.15, 0.2) is 42.5 Å². The summed E-state index contributed by atoms with van der Waals surface area (Å²) < 4.78 is 19.9. The Morgan fingerprint density at radius 2 is 1.86 bits per heavy atom. The van der Waals surface area contributed by atoms with Crippen molar-refractivity contribution in [2.75, 3.05) is 20.3 Å². The molecule has 7 nitrogen and oxygen atoms in total. The van der Waals surface area contributed by atoms with Crippen molar-refractivity contribution in [2.24, 2.45) is 0 Å². The number of terminal acetylenes is 1. The first kappa shape index (κ1) is 31.4. The Hall–Kier alpha value is -3.61. The molecule has 9 heteroatoms. The molecule has 1 fully saturated rings. The van der Waals surface area contributed by atoms with Crippen molar-refractivity contribution in [3.05, 3.63) is 53.3 Å². The number of carbonyl (C=O) groups excluding carboxylic acids is 3. The number of thiazole rings is 1. The van der Waals surface area contributed by atoms with E-state index in [0.29, 0.717) is 20.8 Å². The van der Waals surface area contributed by atoms with Crippen molar-refractivity contribution in [3.8, 4) is 24.0 Å². The standard InChI is InChI=1S/C21H20FN3O2S.C4H10O.C2H2.CH2O/c1-12(20(27)23-11-19(26)24-14-7-8-14)21-25-17-9-15(13-5-3-2-4-6-13)16(22)10-18(17)28-21;1-3-4-5-2;2*1-2/h2-6,9-10,12,14H,7-8,11H2,1H3,(H,23,27)(H,24,26);3-4H2,1-2H3;1-2H;1H2. The maximum Gasteiger partial charge on any atom is 0.239 e. The van der Waals surface area contributed by atoms with Crippen molar-refractivity contribution >= 4 is 40.2 Å². The first-order valence-corrected chi connectivity index (χ1v) is 12.6. The van der Waals surface area contributed by atoms with E-state index in [1.165, 1.54) is 17.4 Å². The number of nitrogens with one attached hydrogen (secondary N) is 2. The van der Waals surface area contributed by atoms with Gasteiger partial charge < -0.3 is 20.2 Å². The van der Waals surface area contributed by atoms with Crippen LogP contribution in [-0.2, 0) is 19.1 Å². The Morgan fingerprint density at radius 3 is 2.41 bits per heavy atom. The van der Waals surface area contributed by atoms with E-state index in [4.69, 9.17) is 9.53 Å². The third-order valence-corrected chi connectivity index (χ3v) is 6.32. The number of ether oxygens (including phenoxy) is 1. The first-order chi connectivity index (χ1) is 17.9. The van der Waals surface area contributed by atoms with E-state index < -0.39 is 5.92 Å². The van der Waals surface area contributed by atoms with Gasteiger partial charge in [-0.15, -0.1) is 24.2 Å². The van der Waals surface area contributed by atoms with Crippen LogP contribution >= 0.6 is 11.3 Å². The predicted octanol–water partition coefficient (Wildman–Crippen LogP) is 4.71. The summed E-state index contributed by atoms with van der Waals surface area (Å²) in [5.41, 5.74) is 1.93. The molecule has 0 aliphatic heterocycles. The fourth-order valence-electron chi connectivity index (χ4n) is 3.13. The van der Waals surface area contributed by atoms with Crippen LogP contribution in [-0.4, -0.2) is 49.9 Å². The number of benzene rings is 2. The molecule has 2 amide bonds. The molecule has 1 atom stereocenters. The number of nitrogens with zero attached hydrogens (tertiary/aromatic N) is 1. The van der Waals surface area contributed by atoms with Crippen LogP contribution in [0.5, 0.6) is 0 Å². The molecule has 37 heavy (non-hydrogen) atoms. The zero-order valence-corrected chi connectivity index (χ0v) is 22.3. The van der Waals surface area contributed by atoms with Crippen LogP contribution in [0.25, 0.3) is 21.3 Å². The van der Waals surface area contributed by atoms with E-state index >= 15 is 0 Å². The van der Waals surface area contributed by atoms with Crippen molar-refractivity contribution in [1.82, 2.24) is 15.6 Å². The smallest absolute Gasteiger partial charge is 0.239 e. The van der Waals surface area contributed by atoms with E-state index in [2.05, 4.69) is 35.4 Å². The monoisotopic (exact) mass is 527 g/mol. The number of amides is 2. The topological polar surface area (TPSA) is 97.4 Å². The minimum absolute atomic E-state index is 0.0443. The van der Waals surface area contributed by atoms with E-state index in [1.807, 2.05) is 37.1 Å². The molecule has 1 saturated carbocycles. The van der Waals surface area contributed by atoms with Gasteiger partial charge in [0.1, 0.15) is 17.6 Å². The number of hydrogen-bond donors (Lipinski definition) is 2. The highest BCUT2D eigenvalue weighted by Crippen LogP contribution is 2.33. The first-order valence-electron chi connectivity index (χ1n) is 11.8. The number of fused-ring (bicyclic) bond motifs is 1. The van der Waals surface area contributed by atoms with Gasteiger partial charge in [-0.2, -0.15) is 0 Å².